The molecule has 2 nitrogen and oxygen atoms in total. The SMILES string of the molecule is COc1ccc(Br)cc1NC1CCSCC1. The second kappa shape index (κ2) is 5.82. The van der Waals surface area contributed by atoms with Gasteiger partial charge in [-0.2, -0.15) is 11.8 Å². The molecular weight excluding hydrogens is 286 g/mol. The third-order valence-corrected chi connectivity index (χ3v) is 4.28. The minimum absolute atomic E-state index is 0.587. The van der Waals surface area contributed by atoms with Gasteiger partial charge in [0.05, 0.1) is 12.8 Å². The van der Waals surface area contributed by atoms with E-state index in [0.717, 1.165) is 15.9 Å². The summed E-state index contributed by atoms with van der Waals surface area (Å²) < 4.78 is 6.44. The Balaban J connectivity index is 2.09. The predicted molar refractivity (Wildman–Crippen MR) is 74.7 cm³/mol. The second-order valence-electron chi connectivity index (χ2n) is 3.88. The van der Waals surface area contributed by atoms with Gasteiger partial charge in [-0.3, -0.25) is 0 Å². The van der Waals surface area contributed by atoms with Crippen molar-refractivity contribution in [2.24, 2.45) is 0 Å². The highest BCUT2D eigenvalue weighted by atomic mass is 79.9. The Hall–Kier alpha value is -0.350. The van der Waals surface area contributed by atoms with Crippen LogP contribution in [0.2, 0.25) is 0 Å². The smallest absolute Gasteiger partial charge is 0.142 e. The first-order valence-electron chi connectivity index (χ1n) is 5.47. The van der Waals surface area contributed by atoms with Crippen LogP contribution < -0.4 is 10.1 Å². The van der Waals surface area contributed by atoms with Crippen molar-refractivity contribution in [1.29, 1.82) is 0 Å². The summed E-state index contributed by atoms with van der Waals surface area (Å²) in [7, 11) is 1.71. The zero-order chi connectivity index (χ0) is 11.4. The normalized spacial score (nSPS) is 17.1. The monoisotopic (exact) mass is 301 g/mol. The molecule has 1 saturated heterocycles. The van der Waals surface area contributed by atoms with Crippen LogP contribution in [0.25, 0.3) is 0 Å². The van der Waals surface area contributed by atoms with Crippen LogP contribution in [-0.4, -0.2) is 24.7 Å². The number of nitrogens with one attached hydrogen (secondary N) is 1. The first kappa shape index (κ1) is 12.1. The average Bonchev–Trinajstić information content (AvgIpc) is 2.31. The first-order chi connectivity index (χ1) is 7.79. The third kappa shape index (κ3) is 3.08. The van der Waals surface area contributed by atoms with Crippen LogP contribution in [-0.2, 0) is 0 Å². The molecule has 0 atom stereocenters. The molecule has 1 aromatic carbocycles. The van der Waals surface area contributed by atoms with E-state index in [9.17, 15) is 0 Å². The summed E-state index contributed by atoms with van der Waals surface area (Å²) in [4.78, 5) is 0. The molecule has 1 heterocycles. The van der Waals surface area contributed by atoms with Crippen molar-refractivity contribution in [2.45, 2.75) is 18.9 Å². The van der Waals surface area contributed by atoms with E-state index in [-0.39, 0.29) is 0 Å². The van der Waals surface area contributed by atoms with Crippen molar-refractivity contribution in [3.8, 4) is 5.75 Å². The number of hydrogen-bond donors (Lipinski definition) is 1. The van der Waals surface area contributed by atoms with Crippen LogP contribution in [0.4, 0.5) is 5.69 Å². The molecule has 1 N–H and O–H groups in total. The van der Waals surface area contributed by atoms with E-state index in [1.165, 1.54) is 24.3 Å². The summed E-state index contributed by atoms with van der Waals surface area (Å²) in [6.45, 7) is 0. The Morgan fingerprint density at radius 2 is 2.12 bits per heavy atom. The van der Waals surface area contributed by atoms with Gasteiger partial charge < -0.3 is 10.1 Å². The Morgan fingerprint density at radius 3 is 2.81 bits per heavy atom. The maximum absolute atomic E-state index is 5.35. The van der Waals surface area contributed by atoms with Crippen molar-refractivity contribution >= 4 is 33.4 Å². The fourth-order valence-corrected chi connectivity index (χ4v) is 3.32. The van der Waals surface area contributed by atoms with Gasteiger partial charge in [0, 0.05) is 10.5 Å². The van der Waals surface area contributed by atoms with Crippen molar-refractivity contribution in [3.63, 3.8) is 0 Å². The number of methoxy groups -OCH3 is 1. The highest BCUT2D eigenvalue weighted by molar-refractivity contribution is 9.10. The van der Waals surface area contributed by atoms with E-state index in [0.29, 0.717) is 6.04 Å². The molecule has 1 aliphatic heterocycles. The maximum atomic E-state index is 5.35. The Morgan fingerprint density at radius 1 is 1.38 bits per heavy atom. The van der Waals surface area contributed by atoms with E-state index in [1.54, 1.807) is 7.11 Å². The number of halogens is 1. The number of thioether (sulfide) groups is 1. The van der Waals surface area contributed by atoms with E-state index in [4.69, 9.17) is 4.74 Å². The minimum Gasteiger partial charge on any atom is -0.495 e. The molecule has 0 aromatic heterocycles. The fourth-order valence-electron chi connectivity index (χ4n) is 1.85. The molecule has 0 radical (unpaired) electrons. The Bertz CT molecular complexity index is 353. The first-order valence-corrected chi connectivity index (χ1v) is 7.42. The second-order valence-corrected chi connectivity index (χ2v) is 6.02. The van der Waals surface area contributed by atoms with Crippen LogP contribution in [0.1, 0.15) is 12.8 Å². The quantitative estimate of drug-likeness (QED) is 0.918. The van der Waals surface area contributed by atoms with Gasteiger partial charge in [-0.1, -0.05) is 15.9 Å². The molecule has 2 rings (SSSR count). The molecular formula is C12H16BrNOS. The molecule has 1 aromatic rings. The lowest BCUT2D eigenvalue weighted by Crippen LogP contribution is -2.24. The predicted octanol–water partition coefficient (Wildman–Crippen LogP) is 3.77. The average molecular weight is 302 g/mol. The molecule has 88 valence electrons. The van der Waals surface area contributed by atoms with Gasteiger partial charge in [0.2, 0.25) is 0 Å². The lowest BCUT2D eigenvalue weighted by atomic mass is 10.1. The van der Waals surface area contributed by atoms with Gasteiger partial charge in [0.15, 0.2) is 0 Å². The van der Waals surface area contributed by atoms with Crippen LogP contribution in [0.5, 0.6) is 5.75 Å². The van der Waals surface area contributed by atoms with Crippen molar-refractivity contribution in [2.75, 3.05) is 23.9 Å². The van der Waals surface area contributed by atoms with Gasteiger partial charge in [0.1, 0.15) is 5.75 Å². The lowest BCUT2D eigenvalue weighted by molar-refractivity contribution is 0.415. The van der Waals surface area contributed by atoms with Gasteiger partial charge >= 0.3 is 0 Å². The van der Waals surface area contributed by atoms with Gasteiger partial charge in [-0.05, 0) is 42.5 Å². The molecule has 0 aliphatic carbocycles. The van der Waals surface area contributed by atoms with Crippen LogP contribution in [0.3, 0.4) is 0 Å². The molecule has 0 bridgehead atoms. The van der Waals surface area contributed by atoms with Gasteiger partial charge in [-0.25, -0.2) is 0 Å². The zero-order valence-corrected chi connectivity index (χ0v) is 11.7. The van der Waals surface area contributed by atoms with E-state index in [1.807, 2.05) is 23.9 Å². The van der Waals surface area contributed by atoms with Crippen molar-refractivity contribution in [1.82, 2.24) is 0 Å². The molecule has 0 spiro atoms. The number of ether oxygens (including phenoxy) is 1. The number of anilines is 1. The van der Waals surface area contributed by atoms with E-state index >= 15 is 0 Å². The summed E-state index contributed by atoms with van der Waals surface area (Å²) >= 11 is 5.53. The Labute approximate surface area is 109 Å². The molecule has 0 saturated carbocycles. The topological polar surface area (TPSA) is 21.3 Å². The van der Waals surface area contributed by atoms with Crippen LogP contribution in [0, 0.1) is 0 Å². The number of benzene rings is 1. The molecule has 1 fully saturated rings. The fraction of sp³-hybridized carbons (Fsp3) is 0.500. The highest BCUT2D eigenvalue weighted by Crippen LogP contribution is 2.30. The minimum atomic E-state index is 0.587. The maximum Gasteiger partial charge on any atom is 0.142 e. The summed E-state index contributed by atoms with van der Waals surface area (Å²) in [6, 6.07) is 6.66. The summed E-state index contributed by atoms with van der Waals surface area (Å²) in [5, 5.41) is 3.57. The van der Waals surface area contributed by atoms with E-state index in [2.05, 4.69) is 27.3 Å². The zero-order valence-electron chi connectivity index (χ0n) is 9.33. The van der Waals surface area contributed by atoms with Gasteiger partial charge in [-0.15, -0.1) is 0 Å². The van der Waals surface area contributed by atoms with Crippen molar-refractivity contribution < 1.29 is 4.74 Å². The van der Waals surface area contributed by atoms with Gasteiger partial charge in [0.25, 0.3) is 0 Å². The van der Waals surface area contributed by atoms with Crippen molar-refractivity contribution in [3.05, 3.63) is 22.7 Å². The lowest BCUT2D eigenvalue weighted by Gasteiger charge is -2.24. The number of rotatable bonds is 3. The molecule has 16 heavy (non-hydrogen) atoms. The van der Waals surface area contributed by atoms with Crippen LogP contribution in [0.15, 0.2) is 22.7 Å². The number of hydrogen-bond acceptors (Lipinski definition) is 3. The third-order valence-electron chi connectivity index (χ3n) is 2.74. The summed E-state index contributed by atoms with van der Waals surface area (Å²) in [5.41, 5.74) is 1.09. The Kier molecular flexibility index (Phi) is 4.41. The van der Waals surface area contributed by atoms with Crippen LogP contribution >= 0.6 is 27.7 Å². The highest BCUT2D eigenvalue weighted by Gasteiger charge is 2.15. The standard InChI is InChI=1S/C12H16BrNOS/c1-15-12-3-2-9(13)8-11(12)14-10-4-6-16-7-5-10/h2-3,8,10,14H,4-7H2,1H3. The molecule has 1 aliphatic rings. The van der Waals surface area contributed by atoms with E-state index < -0.39 is 0 Å². The molecule has 4 heteroatoms. The summed E-state index contributed by atoms with van der Waals surface area (Å²) in [5.74, 6) is 3.43. The molecule has 0 unspecified atom stereocenters. The molecule has 0 amide bonds. The largest absolute Gasteiger partial charge is 0.495 e. The summed E-state index contributed by atoms with van der Waals surface area (Å²) in [6.07, 6.45) is 2.47.